The molecular weight excluding hydrogens is 238 g/mol. The van der Waals surface area contributed by atoms with Gasteiger partial charge in [-0.25, -0.2) is 0 Å². The van der Waals surface area contributed by atoms with Crippen LogP contribution in [0.5, 0.6) is 0 Å². The number of nitrogens with one attached hydrogen (secondary N) is 2. The molecule has 0 bridgehead atoms. The number of thioether (sulfide) groups is 1. The quantitative estimate of drug-likeness (QED) is 0.733. The Morgan fingerprint density at radius 1 is 1.41 bits per heavy atom. The van der Waals surface area contributed by atoms with Gasteiger partial charge in [-0.2, -0.15) is 0 Å². The van der Waals surface area contributed by atoms with Gasteiger partial charge in [0.1, 0.15) is 6.04 Å². The number of carbonyl (C=O) groups excluding carboxylic acids is 2. The first-order valence-corrected chi connectivity index (χ1v) is 7.24. The lowest BCUT2D eigenvalue weighted by Crippen LogP contribution is -2.51. The maximum absolute atomic E-state index is 12.0. The lowest BCUT2D eigenvalue weighted by molar-refractivity contribution is -0.135. The summed E-state index contributed by atoms with van der Waals surface area (Å²) in [6, 6.07) is -0.554. The highest BCUT2D eigenvalue weighted by molar-refractivity contribution is 7.99. The largest absolute Gasteiger partial charge is 0.343 e. The van der Waals surface area contributed by atoms with Gasteiger partial charge in [0.15, 0.2) is 0 Å². The molecule has 0 aliphatic carbocycles. The summed E-state index contributed by atoms with van der Waals surface area (Å²) in [6.07, 6.45) is 2.15. The summed E-state index contributed by atoms with van der Waals surface area (Å²) < 4.78 is 0. The second-order valence-electron chi connectivity index (χ2n) is 4.53. The highest BCUT2D eigenvalue weighted by atomic mass is 32.2. The van der Waals surface area contributed by atoms with Crippen molar-refractivity contribution in [3.05, 3.63) is 0 Å². The third kappa shape index (κ3) is 3.13. The molecule has 0 aromatic carbocycles. The van der Waals surface area contributed by atoms with Gasteiger partial charge in [0.05, 0.1) is 6.04 Å². The van der Waals surface area contributed by atoms with Crippen molar-refractivity contribution in [2.24, 2.45) is 0 Å². The van der Waals surface area contributed by atoms with Crippen LogP contribution in [-0.4, -0.2) is 53.5 Å². The Balaban J connectivity index is 1.80. The summed E-state index contributed by atoms with van der Waals surface area (Å²) in [4.78, 5) is 25.6. The molecule has 2 heterocycles. The molecule has 0 spiro atoms. The number of amides is 2. The van der Waals surface area contributed by atoms with Crippen molar-refractivity contribution in [2.75, 3.05) is 24.7 Å². The molecule has 17 heavy (non-hydrogen) atoms. The molecular formula is C11H19N3O2S. The highest BCUT2D eigenvalue weighted by Gasteiger charge is 2.28. The lowest BCUT2D eigenvalue weighted by Gasteiger charge is -2.22. The molecule has 5 nitrogen and oxygen atoms in total. The van der Waals surface area contributed by atoms with Crippen molar-refractivity contribution in [1.82, 2.24) is 15.5 Å². The van der Waals surface area contributed by atoms with Crippen LogP contribution in [0, 0.1) is 0 Å². The lowest BCUT2D eigenvalue weighted by atomic mass is 10.2. The molecule has 2 unspecified atom stereocenters. The zero-order chi connectivity index (χ0) is 12.3. The van der Waals surface area contributed by atoms with Crippen molar-refractivity contribution >= 4 is 23.6 Å². The minimum absolute atomic E-state index is 0.0431. The number of hydrogen-bond acceptors (Lipinski definition) is 4. The van der Waals surface area contributed by atoms with Crippen LogP contribution >= 0.6 is 11.8 Å². The molecule has 2 aliphatic rings. The number of rotatable bonds is 3. The van der Waals surface area contributed by atoms with E-state index in [2.05, 4.69) is 10.6 Å². The number of hydrogen-bond donors (Lipinski definition) is 2. The van der Waals surface area contributed by atoms with Gasteiger partial charge < -0.3 is 10.2 Å². The van der Waals surface area contributed by atoms with Crippen LogP contribution in [0.1, 0.15) is 19.8 Å². The van der Waals surface area contributed by atoms with E-state index in [0.717, 1.165) is 37.6 Å². The van der Waals surface area contributed by atoms with Crippen molar-refractivity contribution in [3.63, 3.8) is 0 Å². The van der Waals surface area contributed by atoms with Gasteiger partial charge in [-0.15, -0.1) is 11.8 Å². The molecule has 2 saturated heterocycles. The fourth-order valence-electron chi connectivity index (χ4n) is 2.15. The van der Waals surface area contributed by atoms with Crippen molar-refractivity contribution in [3.8, 4) is 0 Å². The van der Waals surface area contributed by atoms with Gasteiger partial charge in [-0.05, 0) is 19.8 Å². The van der Waals surface area contributed by atoms with E-state index in [-0.39, 0.29) is 17.9 Å². The summed E-state index contributed by atoms with van der Waals surface area (Å²) in [6.45, 7) is 3.42. The topological polar surface area (TPSA) is 61.4 Å². The molecule has 2 atom stereocenters. The van der Waals surface area contributed by atoms with E-state index < -0.39 is 6.04 Å². The number of likely N-dealkylation sites (tertiary alicyclic amines) is 1. The van der Waals surface area contributed by atoms with E-state index in [9.17, 15) is 9.59 Å². The van der Waals surface area contributed by atoms with Crippen molar-refractivity contribution in [1.29, 1.82) is 0 Å². The van der Waals surface area contributed by atoms with Crippen LogP contribution < -0.4 is 10.6 Å². The molecule has 2 rings (SSSR count). The highest BCUT2D eigenvalue weighted by Crippen LogP contribution is 2.11. The molecule has 2 fully saturated rings. The first kappa shape index (κ1) is 12.7. The summed E-state index contributed by atoms with van der Waals surface area (Å²) in [5, 5.41) is 5.89. The molecule has 2 N–H and O–H groups in total. The normalized spacial score (nSPS) is 25.9. The monoisotopic (exact) mass is 257 g/mol. The summed E-state index contributed by atoms with van der Waals surface area (Å²) in [5.41, 5.74) is 0. The zero-order valence-corrected chi connectivity index (χ0v) is 10.9. The summed E-state index contributed by atoms with van der Waals surface area (Å²) in [7, 11) is 0. The van der Waals surface area contributed by atoms with E-state index >= 15 is 0 Å². The van der Waals surface area contributed by atoms with Crippen LogP contribution in [-0.2, 0) is 9.59 Å². The fourth-order valence-corrected chi connectivity index (χ4v) is 3.09. The van der Waals surface area contributed by atoms with Gasteiger partial charge in [0.25, 0.3) is 0 Å². The molecule has 2 amide bonds. The SMILES string of the molecule is CC(NC(=O)C1CSCN1)C(=O)N1CCCC1. The Hall–Kier alpha value is -0.750. The number of nitrogens with zero attached hydrogens (tertiary/aromatic N) is 1. The minimum Gasteiger partial charge on any atom is -0.343 e. The van der Waals surface area contributed by atoms with E-state index in [1.165, 1.54) is 0 Å². The van der Waals surface area contributed by atoms with Crippen LogP contribution in [0.25, 0.3) is 0 Å². The van der Waals surface area contributed by atoms with Crippen LogP contribution in [0.3, 0.4) is 0 Å². The first-order chi connectivity index (χ1) is 8.18. The van der Waals surface area contributed by atoms with Gasteiger partial charge in [0.2, 0.25) is 11.8 Å². The first-order valence-electron chi connectivity index (χ1n) is 6.09. The summed E-state index contributed by atoms with van der Waals surface area (Å²) in [5.74, 6) is 1.58. The second-order valence-corrected chi connectivity index (χ2v) is 5.56. The minimum atomic E-state index is -0.409. The molecule has 0 radical (unpaired) electrons. The average Bonchev–Trinajstić information content (AvgIpc) is 3.00. The van der Waals surface area contributed by atoms with E-state index in [0.29, 0.717) is 0 Å². The Bertz CT molecular complexity index is 299. The van der Waals surface area contributed by atoms with E-state index in [1.54, 1.807) is 18.7 Å². The molecule has 6 heteroatoms. The van der Waals surface area contributed by atoms with Gasteiger partial charge in [-0.1, -0.05) is 0 Å². The van der Waals surface area contributed by atoms with Gasteiger partial charge in [0, 0.05) is 24.7 Å². The summed E-state index contributed by atoms with van der Waals surface area (Å²) >= 11 is 1.70. The maximum Gasteiger partial charge on any atom is 0.244 e. The standard InChI is InChI=1S/C11H19N3O2S/c1-8(11(16)14-4-2-3-5-14)13-10(15)9-6-17-7-12-9/h8-9,12H,2-7H2,1H3,(H,13,15). The van der Waals surface area contributed by atoms with Crippen molar-refractivity contribution < 1.29 is 9.59 Å². The third-order valence-corrected chi connectivity index (χ3v) is 4.12. The second kappa shape index (κ2) is 5.73. The molecule has 0 aromatic rings. The molecule has 0 aromatic heterocycles. The molecule has 0 saturated carbocycles. The smallest absolute Gasteiger partial charge is 0.244 e. The van der Waals surface area contributed by atoms with E-state index in [1.807, 2.05) is 4.90 Å². The Labute approximate surface area is 106 Å². The third-order valence-electron chi connectivity index (χ3n) is 3.18. The molecule has 2 aliphatic heterocycles. The Kier molecular flexibility index (Phi) is 4.28. The fraction of sp³-hybridized carbons (Fsp3) is 0.818. The van der Waals surface area contributed by atoms with Gasteiger partial charge in [-0.3, -0.25) is 14.9 Å². The van der Waals surface area contributed by atoms with Gasteiger partial charge >= 0.3 is 0 Å². The van der Waals surface area contributed by atoms with E-state index in [4.69, 9.17) is 0 Å². The molecule has 96 valence electrons. The van der Waals surface area contributed by atoms with Crippen LogP contribution in [0.15, 0.2) is 0 Å². The van der Waals surface area contributed by atoms with Crippen LogP contribution in [0.2, 0.25) is 0 Å². The van der Waals surface area contributed by atoms with Crippen LogP contribution in [0.4, 0.5) is 0 Å². The average molecular weight is 257 g/mol. The van der Waals surface area contributed by atoms with Crippen molar-refractivity contribution in [2.45, 2.75) is 31.8 Å². The predicted molar refractivity (Wildman–Crippen MR) is 67.7 cm³/mol. The maximum atomic E-state index is 12.0. The zero-order valence-electron chi connectivity index (χ0n) is 10.1. The predicted octanol–water partition coefficient (Wildman–Crippen LogP) is -0.224. The Morgan fingerprint density at radius 2 is 2.12 bits per heavy atom. The number of carbonyl (C=O) groups is 2. The Morgan fingerprint density at radius 3 is 2.71 bits per heavy atom.